The standard InChI is InChI=1S/C12H11FN4/c1-8(12-15-4-5-16-12)17-11-3-2-10(13)6-9(11)7-14/h2-6,8,17H,1H3,(H,15,16). The van der Waals surface area contributed by atoms with Crippen LogP contribution in [0.1, 0.15) is 24.4 Å². The molecule has 0 spiro atoms. The fourth-order valence-corrected chi connectivity index (χ4v) is 1.55. The zero-order chi connectivity index (χ0) is 12.3. The van der Waals surface area contributed by atoms with Gasteiger partial charge in [-0.25, -0.2) is 9.37 Å². The Hall–Kier alpha value is -2.35. The SMILES string of the molecule is CC(Nc1ccc(F)cc1C#N)c1ncc[nH]1. The number of rotatable bonds is 3. The van der Waals surface area contributed by atoms with Gasteiger partial charge in [0, 0.05) is 12.4 Å². The number of H-pyrrole nitrogens is 1. The first-order valence-corrected chi connectivity index (χ1v) is 5.16. The topological polar surface area (TPSA) is 64.5 Å². The molecule has 1 atom stereocenters. The number of imidazole rings is 1. The van der Waals surface area contributed by atoms with Gasteiger partial charge in [-0.05, 0) is 25.1 Å². The van der Waals surface area contributed by atoms with Crippen LogP contribution in [0.3, 0.4) is 0 Å². The third-order valence-corrected chi connectivity index (χ3v) is 2.40. The van der Waals surface area contributed by atoms with E-state index >= 15 is 0 Å². The quantitative estimate of drug-likeness (QED) is 0.851. The summed E-state index contributed by atoms with van der Waals surface area (Å²) in [5, 5.41) is 12.0. The van der Waals surface area contributed by atoms with Crippen molar-refractivity contribution in [1.82, 2.24) is 9.97 Å². The lowest BCUT2D eigenvalue weighted by Crippen LogP contribution is -2.09. The first kappa shape index (κ1) is 11.1. The molecule has 0 aliphatic carbocycles. The van der Waals surface area contributed by atoms with Crippen LogP contribution in [0.2, 0.25) is 0 Å². The predicted octanol–water partition coefficient (Wildman–Crippen LogP) is 2.59. The predicted molar refractivity (Wildman–Crippen MR) is 61.7 cm³/mol. The van der Waals surface area contributed by atoms with Gasteiger partial charge in [0.15, 0.2) is 0 Å². The monoisotopic (exact) mass is 230 g/mol. The number of aromatic amines is 1. The largest absolute Gasteiger partial charge is 0.374 e. The number of hydrogen-bond acceptors (Lipinski definition) is 3. The van der Waals surface area contributed by atoms with Gasteiger partial charge in [-0.1, -0.05) is 0 Å². The van der Waals surface area contributed by atoms with E-state index < -0.39 is 5.82 Å². The summed E-state index contributed by atoms with van der Waals surface area (Å²) in [4.78, 5) is 7.09. The van der Waals surface area contributed by atoms with Gasteiger partial charge in [0.05, 0.1) is 17.3 Å². The van der Waals surface area contributed by atoms with E-state index in [1.165, 1.54) is 12.1 Å². The molecule has 17 heavy (non-hydrogen) atoms. The van der Waals surface area contributed by atoms with Crippen molar-refractivity contribution in [3.05, 3.63) is 47.8 Å². The van der Waals surface area contributed by atoms with E-state index in [0.29, 0.717) is 5.69 Å². The Kier molecular flexibility index (Phi) is 3.06. The Labute approximate surface area is 98.1 Å². The maximum atomic E-state index is 12.9. The molecule has 0 aliphatic rings. The van der Waals surface area contributed by atoms with Gasteiger partial charge in [0.1, 0.15) is 17.7 Å². The highest BCUT2D eigenvalue weighted by molar-refractivity contribution is 5.58. The smallest absolute Gasteiger partial charge is 0.128 e. The van der Waals surface area contributed by atoms with Gasteiger partial charge in [0.25, 0.3) is 0 Å². The van der Waals surface area contributed by atoms with Gasteiger partial charge in [-0.2, -0.15) is 5.26 Å². The summed E-state index contributed by atoms with van der Waals surface area (Å²) >= 11 is 0. The fourth-order valence-electron chi connectivity index (χ4n) is 1.55. The second kappa shape index (κ2) is 4.66. The highest BCUT2D eigenvalue weighted by Crippen LogP contribution is 2.21. The molecule has 4 nitrogen and oxygen atoms in total. The van der Waals surface area contributed by atoms with Crippen molar-refractivity contribution >= 4 is 5.69 Å². The zero-order valence-electron chi connectivity index (χ0n) is 9.24. The second-order valence-corrected chi connectivity index (χ2v) is 3.64. The van der Waals surface area contributed by atoms with Crippen molar-refractivity contribution in [3.63, 3.8) is 0 Å². The molecule has 5 heteroatoms. The number of halogens is 1. The molecule has 1 heterocycles. The van der Waals surface area contributed by atoms with Gasteiger partial charge in [-0.3, -0.25) is 0 Å². The summed E-state index contributed by atoms with van der Waals surface area (Å²) in [6.07, 6.45) is 3.38. The molecule has 86 valence electrons. The Morgan fingerprint density at radius 1 is 1.53 bits per heavy atom. The van der Waals surface area contributed by atoms with Crippen molar-refractivity contribution in [2.75, 3.05) is 5.32 Å². The van der Waals surface area contributed by atoms with Crippen molar-refractivity contribution in [2.24, 2.45) is 0 Å². The van der Waals surface area contributed by atoms with Gasteiger partial charge in [0.2, 0.25) is 0 Å². The number of benzene rings is 1. The third kappa shape index (κ3) is 2.42. The van der Waals surface area contributed by atoms with Crippen LogP contribution in [-0.2, 0) is 0 Å². The van der Waals surface area contributed by atoms with E-state index in [0.717, 1.165) is 5.82 Å². The highest BCUT2D eigenvalue weighted by atomic mass is 19.1. The minimum atomic E-state index is -0.419. The molecule has 0 radical (unpaired) electrons. The first-order chi connectivity index (χ1) is 8.20. The lowest BCUT2D eigenvalue weighted by molar-refractivity contribution is 0.627. The minimum absolute atomic E-state index is 0.0810. The first-order valence-electron chi connectivity index (χ1n) is 5.16. The molecule has 0 saturated carbocycles. The van der Waals surface area contributed by atoms with Crippen molar-refractivity contribution in [2.45, 2.75) is 13.0 Å². The molecule has 2 aromatic rings. The Morgan fingerprint density at radius 2 is 2.35 bits per heavy atom. The normalized spacial score (nSPS) is 11.8. The van der Waals surface area contributed by atoms with Gasteiger partial charge >= 0.3 is 0 Å². The van der Waals surface area contributed by atoms with E-state index in [-0.39, 0.29) is 11.6 Å². The van der Waals surface area contributed by atoms with Crippen LogP contribution < -0.4 is 5.32 Å². The molecule has 1 aromatic carbocycles. The van der Waals surface area contributed by atoms with Crippen LogP contribution in [0.5, 0.6) is 0 Å². The van der Waals surface area contributed by atoms with E-state index in [1.807, 2.05) is 13.0 Å². The van der Waals surface area contributed by atoms with Crippen molar-refractivity contribution in [3.8, 4) is 6.07 Å². The summed E-state index contributed by atoms with van der Waals surface area (Å²) in [5.74, 6) is 0.343. The molecule has 1 aromatic heterocycles. The number of nitrogens with zero attached hydrogens (tertiary/aromatic N) is 2. The third-order valence-electron chi connectivity index (χ3n) is 2.40. The Morgan fingerprint density at radius 3 is 3.00 bits per heavy atom. The summed E-state index contributed by atoms with van der Waals surface area (Å²) in [6.45, 7) is 1.91. The molecule has 2 rings (SSSR count). The van der Waals surface area contributed by atoms with E-state index in [4.69, 9.17) is 5.26 Å². The minimum Gasteiger partial charge on any atom is -0.374 e. The average molecular weight is 230 g/mol. The van der Waals surface area contributed by atoms with Crippen LogP contribution in [0.15, 0.2) is 30.6 Å². The van der Waals surface area contributed by atoms with E-state index in [9.17, 15) is 4.39 Å². The molecule has 0 aliphatic heterocycles. The lowest BCUT2D eigenvalue weighted by Gasteiger charge is -2.14. The molecule has 0 fully saturated rings. The Bertz CT molecular complexity index is 542. The van der Waals surface area contributed by atoms with Crippen molar-refractivity contribution in [1.29, 1.82) is 5.26 Å². The number of nitriles is 1. The number of aromatic nitrogens is 2. The summed E-state index contributed by atoms with van der Waals surface area (Å²) in [7, 11) is 0. The van der Waals surface area contributed by atoms with Gasteiger partial charge < -0.3 is 10.3 Å². The maximum absolute atomic E-state index is 12.9. The molecular formula is C12H11FN4. The van der Waals surface area contributed by atoms with Gasteiger partial charge in [-0.15, -0.1) is 0 Å². The molecule has 0 bridgehead atoms. The van der Waals surface area contributed by atoms with Crippen LogP contribution in [0.4, 0.5) is 10.1 Å². The zero-order valence-corrected chi connectivity index (χ0v) is 9.24. The molecule has 0 saturated heterocycles. The molecule has 2 N–H and O–H groups in total. The highest BCUT2D eigenvalue weighted by Gasteiger charge is 2.10. The Balaban J connectivity index is 2.22. The summed E-state index contributed by atoms with van der Waals surface area (Å²) in [5.41, 5.74) is 0.876. The number of anilines is 1. The summed E-state index contributed by atoms with van der Waals surface area (Å²) < 4.78 is 12.9. The average Bonchev–Trinajstić information content (AvgIpc) is 2.85. The number of hydrogen-bond donors (Lipinski definition) is 2. The summed E-state index contributed by atoms with van der Waals surface area (Å²) in [6, 6.07) is 5.94. The second-order valence-electron chi connectivity index (χ2n) is 3.64. The molecule has 0 amide bonds. The fraction of sp³-hybridized carbons (Fsp3) is 0.167. The molecule has 1 unspecified atom stereocenters. The maximum Gasteiger partial charge on any atom is 0.128 e. The van der Waals surface area contributed by atoms with Crippen molar-refractivity contribution < 1.29 is 4.39 Å². The molecular weight excluding hydrogens is 219 g/mol. The van der Waals surface area contributed by atoms with E-state index in [2.05, 4.69) is 15.3 Å². The van der Waals surface area contributed by atoms with Crippen LogP contribution in [0.25, 0.3) is 0 Å². The van der Waals surface area contributed by atoms with Crippen LogP contribution >= 0.6 is 0 Å². The lowest BCUT2D eigenvalue weighted by atomic mass is 10.1. The van der Waals surface area contributed by atoms with Crippen LogP contribution in [-0.4, -0.2) is 9.97 Å². The van der Waals surface area contributed by atoms with Crippen LogP contribution in [0, 0.1) is 17.1 Å². The number of nitrogens with one attached hydrogen (secondary N) is 2. The van der Waals surface area contributed by atoms with E-state index in [1.54, 1.807) is 18.5 Å².